The van der Waals surface area contributed by atoms with Crippen LogP contribution in [0.25, 0.3) is 0 Å². The summed E-state index contributed by atoms with van der Waals surface area (Å²) >= 11 is 0. The van der Waals surface area contributed by atoms with E-state index in [-0.39, 0.29) is 6.42 Å². The Morgan fingerprint density at radius 1 is 1.53 bits per heavy atom. The van der Waals surface area contributed by atoms with Crippen molar-refractivity contribution in [3.05, 3.63) is 35.4 Å². The second-order valence-corrected chi connectivity index (χ2v) is 4.18. The Labute approximate surface area is 89.9 Å². The predicted molar refractivity (Wildman–Crippen MR) is 59.7 cm³/mol. The van der Waals surface area contributed by atoms with Gasteiger partial charge >= 0.3 is 5.97 Å². The minimum absolute atomic E-state index is 0.0982. The summed E-state index contributed by atoms with van der Waals surface area (Å²) in [5.74, 6) is 1.75. The highest BCUT2D eigenvalue weighted by Crippen LogP contribution is 2.27. The number of aliphatic carboxylic acids is 1. The van der Waals surface area contributed by atoms with Crippen LogP contribution >= 0.6 is 0 Å². The third-order valence-corrected chi connectivity index (χ3v) is 2.40. The number of rotatable bonds is 3. The number of carboxylic acid groups (broad SMARTS) is 1. The van der Waals surface area contributed by atoms with E-state index in [4.69, 9.17) is 11.5 Å². The van der Waals surface area contributed by atoms with Crippen LogP contribution in [-0.4, -0.2) is 11.1 Å². The van der Waals surface area contributed by atoms with Crippen molar-refractivity contribution in [3.8, 4) is 12.3 Å². The molecule has 0 bridgehead atoms. The fraction of sp³-hybridized carbons (Fsp3) is 0.308. The maximum atomic E-state index is 10.7. The van der Waals surface area contributed by atoms with Crippen molar-refractivity contribution >= 4 is 5.97 Å². The van der Waals surface area contributed by atoms with Crippen molar-refractivity contribution in [1.29, 1.82) is 0 Å². The molecule has 2 heteroatoms. The zero-order chi connectivity index (χ0) is 11.5. The second kappa shape index (κ2) is 4.18. The molecule has 0 unspecified atom stereocenters. The molecule has 0 amide bonds. The standard InChI is InChI=1S/C13H14O2/c1-4-10-6-5-7-11(8-10)13(2,3)9-12(14)15/h1,5-8H,9H2,2-3H3,(H,14,15). The fourth-order valence-corrected chi connectivity index (χ4v) is 1.51. The van der Waals surface area contributed by atoms with Gasteiger partial charge in [0.2, 0.25) is 0 Å². The summed E-state index contributed by atoms with van der Waals surface area (Å²) in [4.78, 5) is 10.7. The van der Waals surface area contributed by atoms with Crippen LogP contribution in [0, 0.1) is 12.3 Å². The number of terminal acetylenes is 1. The Hall–Kier alpha value is -1.75. The highest BCUT2D eigenvalue weighted by Gasteiger charge is 2.23. The van der Waals surface area contributed by atoms with Crippen molar-refractivity contribution in [2.24, 2.45) is 0 Å². The van der Waals surface area contributed by atoms with Crippen molar-refractivity contribution in [2.45, 2.75) is 25.7 Å². The third kappa shape index (κ3) is 2.85. The Morgan fingerprint density at radius 2 is 2.20 bits per heavy atom. The van der Waals surface area contributed by atoms with Crippen LogP contribution in [0.3, 0.4) is 0 Å². The SMILES string of the molecule is C#Cc1cccc(C(C)(C)CC(=O)O)c1. The van der Waals surface area contributed by atoms with Gasteiger partial charge in [-0.25, -0.2) is 0 Å². The molecule has 0 aliphatic heterocycles. The van der Waals surface area contributed by atoms with Crippen molar-refractivity contribution < 1.29 is 9.90 Å². The van der Waals surface area contributed by atoms with E-state index < -0.39 is 11.4 Å². The van der Waals surface area contributed by atoms with Gasteiger partial charge in [0.05, 0.1) is 6.42 Å². The van der Waals surface area contributed by atoms with Gasteiger partial charge in [0.25, 0.3) is 0 Å². The average molecular weight is 202 g/mol. The summed E-state index contributed by atoms with van der Waals surface area (Å²) in [5.41, 5.74) is 1.35. The zero-order valence-electron chi connectivity index (χ0n) is 8.95. The van der Waals surface area contributed by atoms with Gasteiger partial charge in [0.1, 0.15) is 0 Å². The molecule has 0 aliphatic rings. The van der Waals surface area contributed by atoms with Crippen LogP contribution in [0.5, 0.6) is 0 Å². The highest BCUT2D eigenvalue weighted by atomic mass is 16.4. The van der Waals surface area contributed by atoms with Crippen LogP contribution < -0.4 is 0 Å². The summed E-state index contributed by atoms with van der Waals surface area (Å²) in [7, 11) is 0. The molecule has 1 rings (SSSR count). The lowest BCUT2D eigenvalue weighted by atomic mass is 9.81. The number of benzene rings is 1. The minimum atomic E-state index is -0.800. The summed E-state index contributed by atoms with van der Waals surface area (Å²) in [6.45, 7) is 3.80. The molecule has 1 aromatic rings. The van der Waals surface area contributed by atoms with Crippen LogP contribution in [0.4, 0.5) is 0 Å². The summed E-state index contributed by atoms with van der Waals surface area (Å²) in [6, 6.07) is 7.46. The topological polar surface area (TPSA) is 37.3 Å². The summed E-state index contributed by atoms with van der Waals surface area (Å²) in [6.07, 6.45) is 5.40. The van der Waals surface area contributed by atoms with Crippen LogP contribution in [0.2, 0.25) is 0 Å². The van der Waals surface area contributed by atoms with E-state index in [1.54, 1.807) is 0 Å². The number of hydrogen-bond acceptors (Lipinski definition) is 1. The first-order valence-electron chi connectivity index (χ1n) is 4.74. The monoisotopic (exact) mass is 202 g/mol. The van der Waals surface area contributed by atoms with E-state index in [1.807, 2.05) is 38.1 Å². The third-order valence-electron chi connectivity index (χ3n) is 2.40. The zero-order valence-corrected chi connectivity index (χ0v) is 8.95. The Balaban J connectivity index is 3.04. The molecule has 0 aromatic heterocycles. The van der Waals surface area contributed by atoms with Gasteiger partial charge < -0.3 is 5.11 Å². The van der Waals surface area contributed by atoms with Gasteiger partial charge in [-0.05, 0) is 17.7 Å². The first-order valence-corrected chi connectivity index (χ1v) is 4.74. The van der Waals surface area contributed by atoms with E-state index >= 15 is 0 Å². The van der Waals surface area contributed by atoms with Gasteiger partial charge in [-0.2, -0.15) is 0 Å². The predicted octanol–water partition coefficient (Wildman–Crippen LogP) is 2.42. The lowest BCUT2D eigenvalue weighted by Crippen LogP contribution is -2.21. The molecule has 1 aromatic carbocycles. The highest BCUT2D eigenvalue weighted by molar-refractivity contribution is 5.69. The number of carbonyl (C=O) groups is 1. The van der Waals surface area contributed by atoms with Gasteiger partial charge in [0, 0.05) is 11.0 Å². The van der Waals surface area contributed by atoms with Crippen LogP contribution in [0.15, 0.2) is 24.3 Å². The number of carboxylic acids is 1. The molecule has 0 saturated carbocycles. The minimum Gasteiger partial charge on any atom is -0.481 e. The molecule has 0 radical (unpaired) electrons. The lowest BCUT2D eigenvalue weighted by molar-refractivity contribution is -0.138. The fourth-order valence-electron chi connectivity index (χ4n) is 1.51. The van der Waals surface area contributed by atoms with E-state index in [2.05, 4.69) is 5.92 Å². The first-order chi connectivity index (χ1) is 6.95. The molecule has 15 heavy (non-hydrogen) atoms. The maximum absolute atomic E-state index is 10.7. The molecule has 0 fully saturated rings. The molecular formula is C13H14O2. The molecule has 0 saturated heterocycles. The second-order valence-electron chi connectivity index (χ2n) is 4.18. The quantitative estimate of drug-likeness (QED) is 0.764. The average Bonchev–Trinajstić information content (AvgIpc) is 2.16. The Morgan fingerprint density at radius 3 is 2.73 bits per heavy atom. The van der Waals surface area contributed by atoms with Crippen molar-refractivity contribution in [3.63, 3.8) is 0 Å². The Bertz CT molecular complexity index is 411. The largest absolute Gasteiger partial charge is 0.481 e. The molecular weight excluding hydrogens is 188 g/mol. The Kier molecular flexibility index (Phi) is 3.16. The molecule has 0 spiro atoms. The molecule has 0 aliphatic carbocycles. The van der Waals surface area contributed by atoms with Crippen molar-refractivity contribution in [2.75, 3.05) is 0 Å². The molecule has 2 nitrogen and oxygen atoms in total. The molecule has 0 atom stereocenters. The van der Waals surface area contributed by atoms with E-state index in [0.717, 1.165) is 11.1 Å². The van der Waals surface area contributed by atoms with Crippen molar-refractivity contribution in [1.82, 2.24) is 0 Å². The van der Waals surface area contributed by atoms with Gasteiger partial charge in [-0.15, -0.1) is 6.42 Å². The van der Waals surface area contributed by atoms with E-state index in [1.165, 1.54) is 0 Å². The molecule has 0 heterocycles. The normalized spacial score (nSPS) is 10.7. The molecule has 1 N–H and O–H groups in total. The van der Waals surface area contributed by atoms with E-state index in [0.29, 0.717) is 0 Å². The van der Waals surface area contributed by atoms with Crippen LogP contribution in [-0.2, 0) is 10.2 Å². The molecule has 78 valence electrons. The lowest BCUT2D eigenvalue weighted by Gasteiger charge is -2.23. The van der Waals surface area contributed by atoms with Gasteiger partial charge in [-0.3, -0.25) is 4.79 Å². The first kappa shape index (κ1) is 11.3. The summed E-state index contributed by atoms with van der Waals surface area (Å²) in [5, 5.41) is 8.80. The number of hydrogen-bond donors (Lipinski definition) is 1. The van der Waals surface area contributed by atoms with Gasteiger partial charge in [0.15, 0.2) is 0 Å². The maximum Gasteiger partial charge on any atom is 0.304 e. The smallest absolute Gasteiger partial charge is 0.304 e. The summed E-state index contributed by atoms with van der Waals surface area (Å²) < 4.78 is 0. The van der Waals surface area contributed by atoms with Crippen LogP contribution in [0.1, 0.15) is 31.4 Å². The van der Waals surface area contributed by atoms with E-state index in [9.17, 15) is 4.79 Å². The van der Waals surface area contributed by atoms with Gasteiger partial charge in [-0.1, -0.05) is 31.9 Å².